The maximum Gasteiger partial charge on any atom is 0.311 e. The number of benzene rings is 2. The van der Waals surface area contributed by atoms with Crippen molar-refractivity contribution >= 4 is 23.1 Å². The van der Waals surface area contributed by atoms with Gasteiger partial charge in [0.25, 0.3) is 0 Å². The molecule has 0 saturated heterocycles. The van der Waals surface area contributed by atoms with E-state index in [4.69, 9.17) is 4.74 Å². The van der Waals surface area contributed by atoms with Gasteiger partial charge in [0.1, 0.15) is 0 Å². The fraction of sp³-hybridized carbons (Fsp3) is 0.211. The first kappa shape index (κ1) is 18.9. The number of hydrogen-bond acceptors (Lipinski definition) is 9. The SMILES string of the molecule is CCCSc1nnc2c(n1)O[C@@H](c1cccc([N+](=O)[O-])c1O)Nc1ccccc1-2. The Labute approximate surface area is 170 Å². The molecule has 148 valence electrons. The fourth-order valence-corrected chi connectivity index (χ4v) is 3.58. The van der Waals surface area contributed by atoms with Gasteiger partial charge in [-0.25, -0.2) is 0 Å². The second-order valence-electron chi connectivity index (χ2n) is 6.26. The number of nitrogens with zero attached hydrogens (tertiary/aromatic N) is 4. The third-order valence-electron chi connectivity index (χ3n) is 4.29. The van der Waals surface area contributed by atoms with Crippen LogP contribution in [0, 0.1) is 10.1 Å². The molecule has 1 aliphatic heterocycles. The van der Waals surface area contributed by atoms with E-state index < -0.39 is 22.6 Å². The topological polar surface area (TPSA) is 123 Å². The minimum Gasteiger partial charge on any atom is -0.502 e. The van der Waals surface area contributed by atoms with Crippen molar-refractivity contribution in [1.82, 2.24) is 15.2 Å². The number of para-hydroxylation sites is 2. The Bertz CT molecular complexity index is 1080. The molecule has 0 aliphatic carbocycles. The number of nitro groups is 1. The molecule has 2 N–H and O–H groups in total. The summed E-state index contributed by atoms with van der Waals surface area (Å²) in [6, 6.07) is 11.7. The number of nitrogens with one attached hydrogen (secondary N) is 1. The Morgan fingerprint density at radius 1 is 1.24 bits per heavy atom. The van der Waals surface area contributed by atoms with E-state index in [0.29, 0.717) is 16.5 Å². The fourth-order valence-electron chi connectivity index (χ4n) is 2.95. The van der Waals surface area contributed by atoms with E-state index in [0.717, 1.165) is 17.7 Å². The minimum atomic E-state index is -0.905. The Morgan fingerprint density at radius 3 is 2.86 bits per heavy atom. The van der Waals surface area contributed by atoms with Crippen molar-refractivity contribution in [3.63, 3.8) is 0 Å². The number of phenolic OH excluding ortho intramolecular Hbond substituents is 1. The van der Waals surface area contributed by atoms with Crippen LogP contribution in [0.3, 0.4) is 0 Å². The Hall–Kier alpha value is -3.40. The first-order valence-corrected chi connectivity index (χ1v) is 9.93. The number of thioether (sulfide) groups is 1. The summed E-state index contributed by atoms with van der Waals surface area (Å²) < 4.78 is 6.04. The van der Waals surface area contributed by atoms with Gasteiger partial charge in [-0.2, -0.15) is 4.98 Å². The zero-order valence-corrected chi connectivity index (χ0v) is 16.2. The van der Waals surface area contributed by atoms with Gasteiger partial charge in [0.15, 0.2) is 5.69 Å². The monoisotopic (exact) mass is 411 g/mol. The summed E-state index contributed by atoms with van der Waals surface area (Å²) in [5, 5.41) is 33.8. The molecule has 0 unspecified atom stereocenters. The van der Waals surface area contributed by atoms with Crippen LogP contribution in [0.1, 0.15) is 25.1 Å². The number of aromatic nitrogens is 3. The zero-order chi connectivity index (χ0) is 20.4. The molecule has 1 aromatic heterocycles. The lowest BCUT2D eigenvalue weighted by molar-refractivity contribution is -0.386. The van der Waals surface area contributed by atoms with Crippen LogP contribution in [0.2, 0.25) is 0 Å². The van der Waals surface area contributed by atoms with Crippen molar-refractivity contribution in [3.05, 3.63) is 58.1 Å². The maximum absolute atomic E-state index is 11.2. The van der Waals surface area contributed by atoms with Gasteiger partial charge in [0, 0.05) is 23.1 Å². The Kier molecular flexibility index (Phi) is 5.17. The van der Waals surface area contributed by atoms with Crippen LogP contribution in [0.15, 0.2) is 47.6 Å². The van der Waals surface area contributed by atoms with Gasteiger partial charge in [-0.1, -0.05) is 43.0 Å². The molecule has 0 saturated carbocycles. The number of hydrogen-bond donors (Lipinski definition) is 2. The number of rotatable bonds is 5. The number of aromatic hydroxyl groups is 1. The van der Waals surface area contributed by atoms with Crippen molar-refractivity contribution < 1.29 is 14.8 Å². The molecule has 10 heteroatoms. The average Bonchev–Trinajstić information content (AvgIpc) is 2.88. The largest absolute Gasteiger partial charge is 0.502 e. The molecule has 29 heavy (non-hydrogen) atoms. The minimum absolute atomic E-state index is 0.225. The summed E-state index contributed by atoms with van der Waals surface area (Å²) in [5.41, 5.74) is 1.71. The van der Waals surface area contributed by atoms with Gasteiger partial charge in [0.05, 0.1) is 10.5 Å². The summed E-state index contributed by atoms with van der Waals surface area (Å²) in [4.78, 5) is 15.1. The number of ether oxygens (including phenoxy) is 1. The quantitative estimate of drug-likeness (QED) is 0.362. The molecule has 9 nitrogen and oxygen atoms in total. The molecule has 2 aromatic carbocycles. The van der Waals surface area contributed by atoms with E-state index in [-0.39, 0.29) is 11.4 Å². The van der Waals surface area contributed by atoms with E-state index in [2.05, 4.69) is 27.4 Å². The van der Waals surface area contributed by atoms with E-state index in [1.165, 1.54) is 23.9 Å². The molecular formula is C19H17N5O4S. The molecule has 0 spiro atoms. The first-order valence-electron chi connectivity index (χ1n) is 8.95. The van der Waals surface area contributed by atoms with Crippen molar-refractivity contribution in [2.24, 2.45) is 0 Å². The molecular weight excluding hydrogens is 394 g/mol. The van der Waals surface area contributed by atoms with Crippen LogP contribution < -0.4 is 10.1 Å². The molecule has 4 rings (SSSR count). The average molecular weight is 411 g/mol. The summed E-state index contributed by atoms with van der Waals surface area (Å²) in [5.74, 6) is 0.621. The summed E-state index contributed by atoms with van der Waals surface area (Å²) in [7, 11) is 0. The van der Waals surface area contributed by atoms with Gasteiger partial charge in [-0.15, -0.1) is 10.2 Å². The van der Waals surface area contributed by atoms with E-state index in [1.807, 2.05) is 24.3 Å². The molecule has 0 radical (unpaired) electrons. The third kappa shape index (κ3) is 3.66. The van der Waals surface area contributed by atoms with Gasteiger partial charge in [-0.3, -0.25) is 10.1 Å². The molecule has 1 atom stereocenters. The zero-order valence-electron chi connectivity index (χ0n) is 15.4. The standard InChI is InChI=1S/C19H17N5O4S/c1-2-10-29-19-21-18-15(22-23-19)11-6-3-4-8-13(11)20-17(28-18)12-7-5-9-14(16(12)25)24(26)27/h3-9,17,20,25H,2,10H2,1H3/t17-/m0/s1. The molecule has 0 bridgehead atoms. The molecule has 0 fully saturated rings. The van der Waals surface area contributed by atoms with Crippen LogP contribution in [0.4, 0.5) is 11.4 Å². The van der Waals surface area contributed by atoms with Gasteiger partial charge >= 0.3 is 5.69 Å². The second kappa shape index (κ2) is 7.92. The van der Waals surface area contributed by atoms with Crippen LogP contribution >= 0.6 is 11.8 Å². The normalized spacial score (nSPS) is 14.7. The highest BCUT2D eigenvalue weighted by Crippen LogP contribution is 2.42. The second-order valence-corrected chi connectivity index (χ2v) is 7.32. The maximum atomic E-state index is 11.2. The predicted molar refractivity (Wildman–Crippen MR) is 108 cm³/mol. The van der Waals surface area contributed by atoms with Crippen molar-refractivity contribution in [3.8, 4) is 22.9 Å². The highest BCUT2D eigenvalue weighted by Gasteiger charge is 2.30. The summed E-state index contributed by atoms with van der Waals surface area (Å²) in [6.07, 6.45) is 0.0543. The number of phenols is 1. The summed E-state index contributed by atoms with van der Waals surface area (Å²) in [6.45, 7) is 2.06. The van der Waals surface area contributed by atoms with Crippen molar-refractivity contribution in [2.45, 2.75) is 24.7 Å². The van der Waals surface area contributed by atoms with E-state index >= 15 is 0 Å². The molecule has 1 aliphatic rings. The Balaban J connectivity index is 1.82. The highest BCUT2D eigenvalue weighted by molar-refractivity contribution is 7.99. The van der Waals surface area contributed by atoms with Gasteiger partial charge in [-0.05, 0) is 18.6 Å². The van der Waals surface area contributed by atoms with Crippen LogP contribution in [-0.2, 0) is 0 Å². The third-order valence-corrected chi connectivity index (χ3v) is 5.34. The van der Waals surface area contributed by atoms with Gasteiger partial charge < -0.3 is 15.2 Å². The lowest BCUT2D eigenvalue weighted by Gasteiger charge is -2.20. The molecule has 2 heterocycles. The highest BCUT2D eigenvalue weighted by atomic mass is 32.2. The predicted octanol–water partition coefficient (Wildman–Crippen LogP) is 4.16. The number of fused-ring (bicyclic) bond motifs is 3. The number of anilines is 1. The van der Waals surface area contributed by atoms with Crippen molar-refractivity contribution in [2.75, 3.05) is 11.1 Å². The van der Waals surface area contributed by atoms with Crippen molar-refractivity contribution in [1.29, 1.82) is 0 Å². The molecule has 3 aromatic rings. The van der Waals surface area contributed by atoms with Crippen LogP contribution in [0.25, 0.3) is 11.3 Å². The van der Waals surface area contributed by atoms with E-state index in [9.17, 15) is 15.2 Å². The molecule has 0 amide bonds. The smallest absolute Gasteiger partial charge is 0.311 e. The van der Waals surface area contributed by atoms with E-state index in [1.54, 1.807) is 6.07 Å². The first-order chi connectivity index (χ1) is 14.1. The lowest BCUT2D eigenvalue weighted by atomic mass is 10.1. The number of nitro benzene ring substituents is 1. The summed E-state index contributed by atoms with van der Waals surface area (Å²) >= 11 is 1.46. The van der Waals surface area contributed by atoms with Crippen LogP contribution in [-0.4, -0.2) is 31.0 Å². The van der Waals surface area contributed by atoms with Crippen LogP contribution in [0.5, 0.6) is 11.6 Å². The Morgan fingerprint density at radius 2 is 2.07 bits per heavy atom. The lowest BCUT2D eigenvalue weighted by Crippen LogP contribution is -2.17. The van der Waals surface area contributed by atoms with Gasteiger partial charge in [0.2, 0.25) is 23.0 Å².